The lowest BCUT2D eigenvalue weighted by Gasteiger charge is -2.02. The number of aryl methyl sites for hydroxylation is 1. The van der Waals surface area contributed by atoms with Crippen molar-refractivity contribution in [1.82, 2.24) is 5.43 Å². The second-order valence-corrected chi connectivity index (χ2v) is 3.80. The van der Waals surface area contributed by atoms with Gasteiger partial charge in [-0.25, -0.2) is 5.43 Å². The number of nitro benzene ring substituents is 1. The Kier molecular flexibility index (Phi) is 4.98. The molecule has 1 amide bonds. The first-order chi connectivity index (χ1) is 8.56. The van der Waals surface area contributed by atoms with Crippen molar-refractivity contribution in [2.75, 3.05) is 0 Å². The molecule has 0 fully saturated rings. The van der Waals surface area contributed by atoms with E-state index in [0.29, 0.717) is 11.1 Å². The van der Waals surface area contributed by atoms with Crippen LogP contribution < -0.4 is 5.43 Å². The van der Waals surface area contributed by atoms with Gasteiger partial charge in [0.15, 0.2) is 0 Å². The molecule has 96 valence electrons. The molecule has 1 aromatic rings. The second kappa shape index (κ2) is 6.48. The van der Waals surface area contributed by atoms with Gasteiger partial charge < -0.3 is 0 Å². The normalized spacial score (nSPS) is 10.6. The molecule has 0 unspecified atom stereocenters. The zero-order valence-electron chi connectivity index (χ0n) is 10.3. The second-order valence-electron chi connectivity index (χ2n) is 3.80. The Morgan fingerprint density at radius 3 is 2.83 bits per heavy atom. The molecule has 0 saturated heterocycles. The van der Waals surface area contributed by atoms with Gasteiger partial charge in [-0.1, -0.05) is 13.3 Å². The number of hydrazone groups is 1. The summed E-state index contributed by atoms with van der Waals surface area (Å²) >= 11 is 0. The van der Waals surface area contributed by atoms with Gasteiger partial charge in [-0.2, -0.15) is 5.10 Å². The molecule has 0 aliphatic heterocycles. The summed E-state index contributed by atoms with van der Waals surface area (Å²) in [6.45, 7) is 3.60. The highest BCUT2D eigenvalue weighted by molar-refractivity contribution is 5.94. The van der Waals surface area contributed by atoms with Crippen LogP contribution in [0.15, 0.2) is 23.3 Å². The maximum atomic E-state index is 11.6. The molecule has 0 spiro atoms. The van der Waals surface area contributed by atoms with Crippen LogP contribution in [0, 0.1) is 17.0 Å². The molecule has 0 saturated carbocycles. The maximum absolute atomic E-state index is 11.6. The van der Waals surface area contributed by atoms with Crippen molar-refractivity contribution in [2.45, 2.75) is 26.7 Å². The quantitative estimate of drug-likeness (QED) is 0.494. The summed E-state index contributed by atoms with van der Waals surface area (Å²) in [5, 5.41) is 14.4. The van der Waals surface area contributed by atoms with Crippen LogP contribution in [0.1, 0.15) is 35.7 Å². The van der Waals surface area contributed by atoms with Crippen molar-refractivity contribution in [3.05, 3.63) is 39.4 Å². The first-order valence-corrected chi connectivity index (χ1v) is 5.63. The predicted molar refractivity (Wildman–Crippen MR) is 68.7 cm³/mol. The van der Waals surface area contributed by atoms with Crippen LogP contribution in [-0.4, -0.2) is 17.0 Å². The lowest BCUT2D eigenvalue weighted by molar-refractivity contribution is -0.385. The van der Waals surface area contributed by atoms with E-state index < -0.39 is 4.92 Å². The zero-order chi connectivity index (χ0) is 13.5. The van der Waals surface area contributed by atoms with Crippen molar-refractivity contribution in [3.8, 4) is 0 Å². The molecule has 1 N–H and O–H groups in total. The van der Waals surface area contributed by atoms with E-state index in [1.807, 2.05) is 6.92 Å². The van der Waals surface area contributed by atoms with Gasteiger partial charge in [0.05, 0.1) is 4.92 Å². The minimum Gasteiger partial charge on any atom is -0.267 e. The summed E-state index contributed by atoms with van der Waals surface area (Å²) in [6.07, 6.45) is 3.37. The van der Waals surface area contributed by atoms with Gasteiger partial charge in [-0.15, -0.1) is 0 Å². The van der Waals surface area contributed by atoms with Crippen LogP contribution in [-0.2, 0) is 0 Å². The minimum atomic E-state index is -0.476. The molecule has 0 aliphatic rings. The fraction of sp³-hybridized carbons (Fsp3) is 0.333. The summed E-state index contributed by atoms with van der Waals surface area (Å²) < 4.78 is 0. The number of carbonyl (C=O) groups excluding carboxylic acids is 1. The summed E-state index contributed by atoms with van der Waals surface area (Å²) in [6, 6.07) is 4.21. The maximum Gasteiger partial charge on any atom is 0.272 e. The monoisotopic (exact) mass is 249 g/mol. The topological polar surface area (TPSA) is 84.6 Å². The molecule has 0 bridgehead atoms. The van der Waals surface area contributed by atoms with E-state index in [1.165, 1.54) is 18.2 Å². The molecule has 1 aromatic carbocycles. The van der Waals surface area contributed by atoms with Crippen molar-refractivity contribution in [2.24, 2.45) is 5.10 Å². The van der Waals surface area contributed by atoms with E-state index in [4.69, 9.17) is 0 Å². The van der Waals surface area contributed by atoms with Gasteiger partial charge in [-0.3, -0.25) is 14.9 Å². The Morgan fingerprint density at radius 1 is 1.56 bits per heavy atom. The zero-order valence-corrected chi connectivity index (χ0v) is 10.3. The Bertz CT molecular complexity index is 483. The average Bonchev–Trinajstić information content (AvgIpc) is 2.33. The van der Waals surface area contributed by atoms with E-state index in [1.54, 1.807) is 13.1 Å². The molecular formula is C12H15N3O3. The molecule has 6 heteroatoms. The average molecular weight is 249 g/mol. The number of nitrogens with one attached hydrogen (secondary N) is 1. The van der Waals surface area contributed by atoms with Gasteiger partial charge in [-0.05, 0) is 25.5 Å². The van der Waals surface area contributed by atoms with E-state index in [-0.39, 0.29) is 11.6 Å². The first-order valence-electron chi connectivity index (χ1n) is 5.63. The van der Waals surface area contributed by atoms with Gasteiger partial charge in [0.1, 0.15) is 0 Å². The van der Waals surface area contributed by atoms with Crippen molar-refractivity contribution >= 4 is 17.8 Å². The van der Waals surface area contributed by atoms with Crippen molar-refractivity contribution in [3.63, 3.8) is 0 Å². The van der Waals surface area contributed by atoms with Gasteiger partial charge in [0.25, 0.3) is 11.6 Å². The summed E-state index contributed by atoms with van der Waals surface area (Å²) in [7, 11) is 0. The summed E-state index contributed by atoms with van der Waals surface area (Å²) in [4.78, 5) is 21.8. The molecule has 18 heavy (non-hydrogen) atoms. The number of nitrogens with zero attached hydrogens (tertiary/aromatic N) is 2. The molecule has 6 nitrogen and oxygen atoms in total. The Morgan fingerprint density at radius 2 is 2.28 bits per heavy atom. The molecular weight excluding hydrogens is 234 g/mol. The van der Waals surface area contributed by atoms with Crippen LogP contribution >= 0.6 is 0 Å². The van der Waals surface area contributed by atoms with E-state index >= 15 is 0 Å². The smallest absolute Gasteiger partial charge is 0.267 e. The number of benzene rings is 1. The van der Waals surface area contributed by atoms with E-state index in [0.717, 1.165) is 12.8 Å². The van der Waals surface area contributed by atoms with Crippen LogP contribution in [0.3, 0.4) is 0 Å². The minimum absolute atomic E-state index is 0.000958. The first kappa shape index (κ1) is 13.8. The molecule has 0 aliphatic carbocycles. The fourth-order valence-corrected chi connectivity index (χ4v) is 1.36. The van der Waals surface area contributed by atoms with Crippen molar-refractivity contribution in [1.29, 1.82) is 0 Å². The Balaban J connectivity index is 2.75. The van der Waals surface area contributed by atoms with E-state index in [2.05, 4.69) is 10.5 Å². The van der Waals surface area contributed by atoms with Crippen LogP contribution in [0.2, 0.25) is 0 Å². The number of unbranched alkanes of at least 4 members (excludes halogenated alkanes) is 1. The molecule has 1 rings (SSSR count). The van der Waals surface area contributed by atoms with Gasteiger partial charge in [0, 0.05) is 23.4 Å². The Hall–Kier alpha value is -2.24. The Labute approximate surface area is 105 Å². The lowest BCUT2D eigenvalue weighted by Crippen LogP contribution is -2.17. The predicted octanol–water partition coefficient (Wildman–Crippen LogP) is 2.42. The number of carbonyl (C=O) groups is 1. The highest BCUT2D eigenvalue weighted by Gasteiger charge is 2.13. The third-order valence-corrected chi connectivity index (χ3v) is 2.33. The molecule has 0 heterocycles. The molecule has 0 radical (unpaired) electrons. The lowest BCUT2D eigenvalue weighted by atomic mass is 10.1. The van der Waals surface area contributed by atoms with Crippen LogP contribution in [0.4, 0.5) is 5.69 Å². The highest BCUT2D eigenvalue weighted by Crippen LogP contribution is 2.18. The summed E-state index contributed by atoms with van der Waals surface area (Å²) in [5.41, 5.74) is 3.17. The van der Waals surface area contributed by atoms with Gasteiger partial charge >= 0.3 is 0 Å². The van der Waals surface area contributed by atoms with Crippen LogP contribution in [0.5, 0.6) is 0 Å². The third kappa shape index (κ3) is 3.65. The third-order valence-electron chi connectivity index (χ3n) is 2.33. The summed E-state index contributed by atoms with van der Waals surface area (Å²) in [5.74, 6) is -0.375. The number of rotatable bonds is 5. The molecule has 0 aromatic heterocycles. The van der Waals surface area contributed by atoms with E-state index in [9.17, 15) is 14.9 Å². The largest absolute Gasteiger partial charge is 0.272 e. The number of hydrogen-bond donors (Lipinski definition) is 1. The standard InChI is InChI=1S/C12H15N3O3/c1-3-4-7-13-14-12(16)10-5-6-11(15(17)18)9(2)8-10/h5-8H,3-4H2,1-2H3,(H,14,16)/b13-7+. The molecule has 0 atom stereocenters. The number of amides is 1. The van der Waals surface area contributed by atoms with Gasteiger partial charge in [0.2, 0.25) is 0 Å². The SMILES string of the molecule is CCC/C=N/NC(=O)c1ccc([N+](=O)[O-])c(C)c1. The number of nitro groups is 1. The fourth-order valence-electron chi connectivity index (χ4n) is 1.36. The van der Waals surface area contributed by atoms with Crippen LogP contribution in [0.25, 0.3) is 0 Å². The highest BCUT2D eigenvalue weighted by atomic mass is 16.6. The number of hydrogen-bond acceptors (Lipinski definition) is 4. The van der Waals surface area contributed by atoms with Crippen molar-refractivity contribution < 1.29 is 9.72 Å².